The number of fused-ring (bicyclic) bond motifs is 5. The van der Waals surface area contributed by atoms with Crippen LogP contribution in [0.3, 0.4) is 0 Å². The molecule has 0 unspecified atom stereocenters. The van der Waals surface area contributed by atoms with Crippen LogP contribution in [0.4, 0.5) is 24.5 Å². The molecule has 2 aromatic rings. The minimum Gasteiger partial charge on any atom is -0.321 e. The van der Waals surface area contributed by atoms with Gasteiger partial charge in [-0.05, 0) is 61.4 Å². The molecular weight excluding hydrogens is 409 g/mol. The number of nitrogens with one attached hydrogen (secondary N) is 1. The van der Waals surface area contributed by atoms with Crippen molar-refractivity contribution < 1.29 is 27.6 Å². The van der Waals surface area contributed by atoms with E-state index < -0.39 is 17.6 Å². The second kappa shape index (κ2) is 6.93. The number of para-hydroxylation sites is 1. The molecule has 1 saturated heterocycles. The number of hydrogen-bond acceptors (Lipinski definition) is 3. The van der Waals surface area contributed by atoms with Gasteiger partial charge in [-0.3, -0.25) is 19.3 Å². The van der Waals surface area contributed by atoms with Crippen LogP contribution in [-0.2, 0) is 15.8 Å². The summed E-state index contributed by atoms with van der Waals surface area (Å²) in [5.41, 5.74) is -0.965. The number of anilines is 2. The molecular formula is C23H19F3N2O3. The SMILES string of the molecule is O=C(Nc1ccccc1C(F)(F)F)c1cccc(N2C(=O)[C@@H]3[C@H]4CC[C@@H](C4)[C@@H]3C2=O)c1. The van der Waals surface area contributed by atoms with Gasteiger partial charge in [-0.2, -0.15) is 13.2 Å². The maximum Gasteiger partial charge on any atom is 0.418 e. The highest BCUT2D eigenvalue weighted by atomic mass is 19.4. The molecule has 3 fully saturated rings. The summed E-state index contributed by atoms with van der Waals surface area (Å²) in [5, 5.41) is 2.29. The number of imide groups is 1. The summed E-state index contributed by atoms with van der Waals surface area (Å²) >= 11 is 0. The van der Waals surface area contributed by atoms with Crippen molar-refractivity contribution in [1.82, 2.24) is 0 Å². The largest absolute Gasteiger partial charge is 0.418 e. The molecule has 8 heteroatoms. The molecule has 3 aliphatic rings. The van der Waals surface area contributed by atoms with Gasteiger partial charge in [0.1, 0.15) is 0 Å². The number of amides is 3. The topological polar surface area (TPSA) is 66.5 Å². The highest BCUT2D eigenvalue weighted by molar-refractivity contribution is 6.23. The maximum absolute atomic E-state index is 13.2. The molecule has 160 valence electrons. The molecule has 1 heterocycles. The van der Waals surface area contributed by atoms with E-state index in [4.69, 9.17) is 0 Å². The lowest BCUT2D eigenvalue weighted by Gasteiger charge is -2.19. The Morgan fingerprint density at radius 3 is 2.23 bits per heavy atom. The van der Waals surface area contributed by atoms with Crippen LogP contribution in [0.15, 0.2) is 48.5 Å². The standard InChI is InChI=1S/C23H19F3N2O3/c24-23(25,26)16-6-1-2-7-17(16)27-20(29)14-4-3-5-15(11-14)28-21(30)18-12-8-9-13(10-12)19(18)22(28)31/h1-7,11-13,18-19H,8-10H2,(H,27,29)/t12-,13-,18-,19+/m0/s1. The van der Waals surface area contributed by atoms with E-state index in [1.807, 2.05) is 0 Å². The van der Waals surface area contributed by atoms with Crippen LogP contribution in [-0.4, -0.2) is 17.7 Å². The lowest BCUT2D eigenvalue weighted by atomic mass is 9.81. The fourth-order valence-electron chi connectivity index (χ4n) is 5.48. The number of alkyl halides is 3. The second-order valence-electron chi connectivity index (χ2n) is 8.44. The molecule has 0 radical (unpaired) electrons. The molecule has 5 nitrogen and oxygen atoms in total. The predicted molar refractivity (Wildman–Crippen MR) is 106 cm³/mol. The van der Waals surface area contributed by atoms with Crippen molar-refractivity contribution in [3.63, 3.8) is 0 Å². The summed E-state index contributed by atoms with van der Waals surface area (Å²) < 4.78 is 39.6. The summed E-state index contributed by atoms with van der Waals surface area (Å²) in [6, 6.07) is 10.6. The monoisotopic (exact) mass is 428 g/mol. The molecule has 1 N–H and O–H groups in total. The van der Waals surface area contributed by atoms with Crippen molar-refractivity contribution in [3.8, 4) is 0 Å². The third-order valence-corrected chi connectivity index (χ3v) is 6.77. The number of benzene rings is 2. The van der Waals surface area contributed by atoms with Gasteiger partial charge in [0.25, 0.3) is 5.91 Å². The van der Waals surface area contributed by atoms with E-state index in [0.717, 1.165) is 30.2 Å². The Kier molecular flexibility index (Phi) is 4.42. The van der Waals surface area contributed by atoms with Crippen LogP contribution >= 0.6 is 0 Å². The first-order valence-corrected chi connectivity index (χ1v) is 10.2. The molecule has 1 aliphatic heterocycles. The molecule has 2 bridgehead atoms. The second-order valence-corrected chi connectivity index (χ2v) is 8.44. The minimum atomic E-state index is -4.61. The Morgan fingerprint density at radius 2 is 1.58 bits per heavy atom. The Bertz CT molecular complexity index is 1070. The predicted octanol–water partition coefficient (Wildman–Crippen LogP) is 4.49. The van der Waals surface area contributed by atoms with Gasteiger partial charge in [0, 0.05) is 5.56 Å². The zero-order chi connectivity index (χ0) is 21.9. The fraction of sp³-hybridized carbons (Fsp3) is 0.348. The van der Waals surface area contributed by atoms with Gasteiger partial charge < -0.3 is 5.32 Å². The van der Waals surface area contributed by atoms with Gasteiger partial charge >= 0.3 is 6.18 Å². The normalized spacial score (nSPS) is 27.0. The van der Waals surface area contributed by atoms with E-state index in [2.05, 4.69) is 5.32 Å². The first-order valence-electron chi connectivity index (χ1n) is 10.2. The van der Waals surface area contributed by atoms with Crippen molar-refractivity contribution in [2.75, 3.05) is 10.2 Å². The van der Waals surface area contributed by atoms with Crippen LogP contribution in [0.5, 0.6) is 0 Å². The summed E-state index contributed by atoms with van der Waals surface area (Å²) in [6.07, 6.45) is -1.78. The highest BCUT2D eigenvalue weighted by Crippen LogP contribution is 2.56. The summed E-state index contributed by atoms with van der Waals surface area (Å²) in [7, 11) is 0. The van der Waals surface area contributed by atoms with Gasteiger partial charge in [0.05, 0.1) is 28.8 Å². The first-order chi connectivity index (χ1) is 14.8. The number of carbonyl (C=O) groups excluding carboxylic acids is 3. The average Bonchev–Trinajstić information content (AvgIpc) is 3.41. The fourth-order valence-corrected chi connectivity index (χ4v) is 5.48. The van der Waals surface area contributed by atoms with Crippen LogP contribution in [0.2, 0.25) is 0 Å². The zero-order valence-corrected chi connectivity index (χ0v) is 16.4. The molecule has 2 saturated carbocycles. The van der Waals surface area contributed by atoms with E-state index in [1.54, 1.807) is 6.07 Å². The van der Waals surface area contributed by atoms with Crippen LogP contribution < -0.4 is 10.2 Å². The third kappa shape index (κ3) is 3.12. The van der Waals surface area contributed by atoms with Crippen molar-refractivity contribution in [2.24, 2.45) is 23.7 Å². The molecule has 5 rings (SSSR count). The summed E-state index contributed by atoms with van der Waals surface area (Å²) in [4.78, 5) is 39.8. The van der Waals surface area contributed by atoms with Crippen LogP contribution in [0.1, 0.15) is 35.2 Å². The maximum atomic E-state index is 13.2. The number of rotatable bonds is 3. The molecule has 3 amide bonds. The van der Waals surface area contributed by atoms with Gasteiger partial charge in [-0.15, -0.1) is 0 Å². The Labute approximate surface area is 176 Å². The quantitative estimate of drug-likeness (QED) is 0.733. The van der Waals surface area contributed by atoms with Crippen molar-refractivity contribution in [1.29, 1.82) is 0 Å². The average molecular weight is 428 g/mol. The molecule has 2 aliphatic carbocycles. The van der Waals surface area contributed by atoms with E-state index in [9.17, 15) is 27.6 Å². The smallest absolute Gasteiger partial charge is 0.321 e. The molecule has 0 aromatic heterocycles. The third-order valence-electron chi connectivity index (χ3n) is 6.77. The molecule has 4 atom stereocenters. The van der Waals surface area contributed by atoms with Crippen molar-refractivity contribution >= 4 is 29.1 Å². The number of carbonyl (C=O) groups is 3. The van der Waals surface area contributed by atoms with Gasteiger partial charge in [0.15, 0.2) is 0 Å². The van der Waals surface area contributed by atoms with Gasteiger partial charge in [-0.1, -0.05) is 18.2 Å². The Balaban J connectivity index is 1.41. The number of nitrogens with zero attached hydrogens (tertiary/aromatic N) is 1. The Hall–Kier alpha value is -3.16. The summed E-state index contributed by atoms with van der Waals surface area (Å²) in [6.45, 7) is 0. The first kappa shape index (κ1) is 19.8. The van der Waals surface area contributed by atoms with E-state index in [0.29, 0.717) is 0 Å². The van der Waals surface area contributed by atoms with E-state index in [1.165, 1.54) is 36.4 Å². The number of halogens is 3. The Morgan fingerprint density at radius 1 is 0.935 bits per heavy atom. The van der Waals surface area contributed by atoms with Gasteiger partial charge in [-0.25, -0.2) is 0 Å². The minimum absolute atomic E-state index is 0.0649. The van der Waals surface area contributed by atoms with Gasteiger partial charge in [0.2, 0.25) is 11.8 Å². The van der Waals surface area contributed by atoms with E-state index >= 15 is 0 Å². The van der Waals surface area contributed by atoms with Crippen molar-refractivity contribution in [3.05, 3.63) is 59.7 Å². The summed E-state index contributed by atoms with van der Waals surface area (Å²) in [5.74, 6) is -1.32. The van der Waals surface area contributed by atoms with Crippen molar-refractivity contribution in [2.45, 2.75) is 25.4 Å². The molecule has 31 heavy (non-hydrogen) atoms. The zero-order valence-electron chi connectivity index (χ0n) is 16.4. The van der Waals surface area contributed by atoms with Crippen LogP contribution in [0, 0.1) is 23.7 Å². The van der Waals surface area contributed by atoms with E-state index in [-0.39, 0.29) is 52.4 Å². The highest BCUT2D eigenvalue weighted by Gasteiger charge is 2.61. The lowest BCUT2D eigenvalue weighted by Crippen LogP contribution is -2.33. The van der Waals surface area contributed by atoms with Crippen LogP contribution in [0.25, 0.3) is 0 Å². The molecule has 0 spiro atoms. The number of hydrogen-bond donors (Lipinski definition) is 1. The molecule has 2 aromatic carbocycles. The lowest BCUT2D eigenvalue weighted by molar-refractivity contribution is -0.137.